The first-order valence-corrected chi connectivity index (χ1v) is 7.95. The summed E-state index contributed by atoms with van der Waals surface area (Å²) in [5, 5.41) is 8.32. The Balaban J connectivity index is 2.19. The number of rotatable bonds is 6. The zero-order valence-corrected chi connectivity index (χ0v) is 11.5. The van der Waals surface area contributed by atoms with Gasteiger partial charge in [0.1, 0.15) is 0 Å². The van der Waals surface area contributed by atoms with Crippen molar-refractivity contribution in [1.82, 2.24) is 5.32 Å². The maximum absolute atomic E-state index is 10.8. The van der Waals surface area contributed by atoms with Gasteiger partial charge in [-0.05, 0) is 31.7 Å². The fraction of sp³-hybridized carbons (Fsp3) is 1.00. The zero-order valence-electron chi connectivity index (χ0n) is 10.7. The summed E-state index contributed by atoms with van der Waals surface area (Å²) in [6, 6.07) is 0.441. The van der Waals surface area contributed by atoms with Gasteiger partial charge in [-0.3, -0.25) is 0 Å². The van der Waals surface area contributed by atoms with Crippen molar-refractivity contribution >= 4 is 10.0 Å². The maximum Gasteiger partial charge on any atom is 0.209 e. The highest BCUT2D eigenvalue weighted by atomic mass is 32.2. The number of primary sulfonamides is 1. The van der Waals surface area contributed by atoms with E-state index in [-0.39, 0.29) is 5.75 Å². The van der Waals surface area contributed by atoms with E-state index in [9.17, 15) is 8.42 Å². The van der Waals surface area contributed by atoms with Crippen LogP contribution in [-0.4, -0.2) is 39.5 Å². The standard InChI is InChI=1S/C11H24N2O3S/c1-9(2)11-8-10(4-6-16-11)13-5-3-7-17(12,14)15/h9-11,13H,3-8H2,1-2H3,(H2,12,14,15). The molecule has 0 aromatic heterocycles. The summed E-state index contributed by atoms with van der Waals surface area (Å²) in [6.07, 6.45) is 2.90. The lowest BCUT2D eigenvalue weighted by Crippen LogP contribution is -2.41. The normalized spacial score (nSPS) is 26.4. The first-order chi connectivity index (χ1) is 7.88. The highest BCUT2D eigenvalue weighted by Gasteiger charge is 2.24. The quantitative estimate of drug-likeness (QED) is 0.683. The van der Waals surface area contributed by atoms with Crippen LogP contribution in [0.3, 0.4) is 0 Å². The molecule has 17 heavy (non-hydrogen) atoms. The third-order valence-electron chi connectivity index (χ3n) is 3.10. The highest BCUT2D eigenvalue weighted by Crippen LogP contribution is 2.19. The minimum atomic E-state index is -3.32. The molecule has 0 amide bonds. The fourth-order valence-corrected chi connectivity index (χ4v) is 2.60. The van der Waals surface area contributed by atoms with Crippen LogP contribution in [-0.2, 0) is 14.8 Å². The Morgan fingerprint density at radius 2 is 2.18 bits per heavy atom. The lowest BCUT2D eigenvalue weighted by molar-refractivity contribution is -0.0242. The van der Waals surface area contributed by atoms with Crippen LogP contribution < -0.4 is 10.5 Å². The molecule has 1 saturated heterocycles. The molecule has 0 spiro atoms. The molecule has 5 nitrogen and oxygen atoms in total. The summed E-state index contributed by atoms with van der Waals surface area (Å²) in [7, 11) is -3.32. The molecule has 0 aromatic rings. The van der Waals surface area contributed by atoms with Crippen LogP contribution in [0.5, 0.6) is 0 Å². The second kappa shape index (κ2) is 6.68. The molecular formula is C11H24N2O3S. The maximum atomic E-state index is 10.8. The van der Waals surface area contributed by atoms with E-state index in [0.717, 1.165) is 19.4 Å². The van der Waals surface area contributed by atoms with E-state index in [4.69, 9.17) is 9.88 Å². The van der Waals surface area contributed by atoms with E-state index in [1.165, 1.54) is 0 Å². The Kier molecular flexibility index (Phi) is 5.85. The average molecular weight is 264 g/mol. The van der Waals surface area contributed by atoms with Crippen molar-refractivity contribution in [2.24, 2.45) is 11.1 Å². The van der Waals surface area contributed by atoms with Crippen molar-refractivity contribution < 1.29 is 13.2 Å². The Hall–Kier alpha value is -0.170. The van der Waals surface area contributed by atoms with Crippen molar-refractivity contribution in [2.45, 2.75) is 45.3 Å². The summed E-state index contributed by atoms with van der Waals surface area (Å²) < 4.78 is 27.2. The van der Waals surface area contributed by atoms with Gasteiger partial charge in [-0.2, -0.15) is 0 Å². The predicted molar refractivity (Wildman–Crippen MR) is 68.2 cm³/mol. The monoisotopic (exact) mass is 264 g/mol. The molecule has 2 atom stereocenters. The number of hydrogen-bond acceptors (Lipinski definition) is 4. The van der Waals surface area contributed by atoms with Crippen LogP contribution in [0.2, 0.25) is 0 Å². The predicted octanol–water partition coefficient (Wildman–Crippen LogP) is 0.458. The molecule has 0 radical (unpaired) electrons. The Bertz CT molecular complexity index is 317. The minimum absolute atomic E-state index is 0.0524. The first-order valence-electron chi connectivity index (χ1n) is 6.24. The molecule has 1 fully saturated rings. The Morgan fingerprint density at radius 3 is 2.76 bits per heavy atom. The highest BCUT2D eigenvalue weighted by molar-refractivity contribution is 7.89. The van der Waals surface area contributed by atoms with E-state index in [1.54, 1.807) is 0 Å². The number of nitrogens with two attached hydrogens (primary N) is 1. The second-order valence-electron chi connectivity index (χ2n) is 5.05. The molecule has 3 N–H and O–H groups in total. The molecule has 2 unspecified atom stereocenters. The van der Waals surface area contributed by atoms with Crippen LogP contribution in [0, 0.1) is 5.92 Å². The van der Waals surface area contributed by atoms with Gasteiger partial charge in [0.05, 0.1) is 11.9 Å². The van der Waals surface area contributed by atoms with Crippen molar-refractivity contribution in [3.05, 3.63) is 0 Å². The molecule has 1 rings (SSSR count). The smallest absolute Gasteiger partial charge is 0.209 e. The number of ether oxygens (including phenoxy) is 1. The van der Waals surface area contributed by atoms with Gasteiger partial charge in [0.25, 0.3) is 0 Å². The van der Waals surface area contributed by atoms with Gasteiger partial charge in [-0.15, -0.1) is 0 Å². The first kappa shape index (κ1) is 14.9. The molecule has 1 aliphatic rings. The van der Waals surface area contributed by atoms with Gasteiger partial charge >= 0.3 is 0 Å². The number of nitrogens with one attached hydrogen (secondary N) is 1. The zero-order chi connectivity index (χ0) is 12.9. The second-order valence-corrected chi connectivity index (χ2v) is 6.78. The summed E-state index contributed by atoms with van der Waals surface area (Å²) in [5.41, 5.74) is 0. The van der Waals surface area contributed by atoms with Gasteiger partial charge in [0.15, 0.2) is 0 Å². The molecule has 6 heteroatoms. The van der Waals surface area contributed by atoms with E-state index in [0.29, 0.717) is 31.0 Å². The molecule has 0 aliphatic carbocycles. The fourth-order valence-electron chi connectivity index (χ4n) is 2.06. The van der Waals surface area contributed by atoms with Crippen molar-refractivity contribution in [3.63, 3.8) is 0 Å². The minimum Gasteiger partial charge on any atom is -0.378 e. The average Bonchev–Trinajstić information content (AvgIpc) is 2.23. The van der Waals surface area contributed by atoms with Gasteiger partial charge in [0.2, 0.25) is 10.0 Å². The third kappa shape index (κ3) is 6.35. The lowest BCUT2D eigenvalue weighted by Gasteiger charge is -2.32. The van der Waals surface area contributed by atoms with Crippen LogP contribution >= 0.6 is 0 Å². The molecule has 0 bridgehead atoms. The largest absolute Gasteiger partial charge is 0.378 e. The van der Waals surface area contributed by atoms with E-state index in [2.05, 4.69) is 19.2 Å². The summed E-state index contributed by atoms with van der Waals surface area (Å²) in [4.78, 5) is 0. The Morgan fingerprint density at radius 1 is 1.47 bits per heavy atom. The van der Waals surface area contributed by atoms with Gasteiger partial charge in [0, 0.05) is 12.6 Å². The third-order valence-corrected chi connectivity index (χ3v) is 3.95. The van der Waals surface area contributed by atoms with E-state index >= 15 is 0 Å². The molecule has 0 saturated carbocycles. The van der Waals surface area contributed by atoms with Crippen molar-refractivity contribution in [2.75, 3.05) is 18.9 Å². The van der Waals surface area contributed by atoms with Crippen molar-refractivity contribution in [3.8, 4) is 0 Å². The number of sulfonamides is 1. The molecule has 0 aromatic carbocycles. The van der Waals surface area contributed by atoms with Crippen LogP contribution in [0.4, 0.5) is 0 Å². The molecule has 102 valence electrons. The van der Waals surface area contributed by atoms with Crippen LogP contribution in [0.25, 0.3) is 0 Å². The number of hydrogen-bond donors (Lipinski definition) is 2. The Labute approximate surface area is 104 Å². The van der Waals surface area contributed by atoms with E-state index < -0.39 is 10.0 Å². The van der Waals surface area contributed by atoms with Crippen LogP contribution in [0.15, 0.2) is 0 Å². The summed E-state index contributed by atoms with van der Waals surface area (Å²) in [5.74, 6) is 0.584. The molecule has 1 aliphatic heterocycles. The topological polar surface area (TPSA) is 81.4 Å². The summed E-state index contributed by atoms with van der Waals surface area (Å²) >= 11 is 0. The van der Waals surface area contributed by atoms with Gasteiger partial charge in [-0.1, -0.05) is 13.8 Å². The summed E-state index contributed by atoms with van der Waals surface area (Å²) in [6.45, 7) is 5.81. The van der Waals surface area contributed by atoms with E-state index in [1.807, 2.05) is 0 Å². The SMILES string of the molecule is CC(C)C1CC(NCCCS(N)(=O)=O)CCO1. The van der Waals surface area contributed by atoms with Gasteiger partial charge in [-0.25, -0.2) is 13.6 Å². The molecular weight excluding hydrogens is 240 g/mol. The molecule has 1 heterocycles. The van der Waals surface area contributed by atoms with Crippen LogP contribution in [0.1, 0.15) is 33.1 Å². The van der Waals surface area contributed by atoms with Crippen molar-refractivity contribution in [1.29, 1.82) is 0 Å². The van der Waals surface area contributed by atoms with Gasteiger partial charge < -0.3 is 10.1 Å². The lowest BCUT2D eigenvalue weighted by atomic mass is 9.95.